The van der Waals surface area contributed by atoms with E-state index >= 15 is 0 Å². The molecule has 0 radical (unpaired) electrons. The number of halogens is 2. The number of alkyl halides is 2. The number of fused-ring (bicyclic) bond motifs is 1. The Labute approximate surface area is 156 Å². The Balaban J connectivity index is 1.76. The number of ether oxygens (including phenoxy) is 2. The Hall–Kier alpha value is -2.83. The van der Waals surface area contributed by atoms with Crippen molar-refractivity contribution >= 4 is 17.3 Å². The molecule has 0 saturated heterocycles. The number of hydrogen-bond donors (Lipinski definition) is 1. The van der Waals surface area contributed by atoms with Crippen LogP contribution < -0.4 is 19.7 Å². The van der Waals surface area contributed by atoms with Crippen LogP contribution in [0.15, 0.2) is 42.5 Å². The first-order valence-electron chi connectivity index (χ1n) is 8.78. The number of aryl methyl sites for hydroxylation is 1. The van der Waals surface area contributed by atoms with E-state index in [0.717, 1.165) is 24.1 Å². The monoisotopic (exact) mass is 376 g/mol. The molecule has 0 saturated carbocycles. The van der Waals surface area contributed by atoms with Gasteiger partial charge >= 0.3 is 6.61 Å². The summed E-state index contributed by atoms with van der Waals surface area (Å²) in [6, 6.07) is 11.9. The normalized spacial score (nSPS) is 14.5. The van der Waals surface area contributed by atoms with Crippen LogP contribution in [0.1, 0.15) is 18.9 Å². The van der Waals surface area contributed by atoms with Crippen LogP contribution in [0.5, 0.6) is 11.5 Å². The topological polar surface area (TPSA) is 50.8 Å². The maximum Gasteiger partial charge on any atom is 0.387 e. The molecule has 7 heteroatoms. The third-order valence-corrected chi connectivity index (χ3v) is 4.51. The number of methoxy groups -OCH3 is 1. The van der Waals surface area contributed by atoms with E-state index < -0.39 is 12.7 Å². The smallest absolute Gasteiger partial charge is 0.387 e. The second-order valence-electron chi connectivity index (χ2n) is 6.33. The molecule has 0 unspecified atom stereocenters. The van der Waals surface area contributed by atoms with Gasteiger partial charge in [0.05, 0.1) is 7.11 Å². The van der Waals surface area contributed by atoms with E-state index in [0.29, 0.717) is 12.2 Å². The SMILES string of the molecule is COc1ccc(N[C@@H](C)C(=O)N2CCCc3ccccc32)cc1OC(F)F. The first-order chi connectivity index (χ1) is 13.0. The lowest BCUT2D eigenvalue weighted by Crippen LogP contribution is -2.44. The van der Waals surface area contributed by atoms with Gasteiger partial charge in [0, 0.05) is 24.0 Å². The number of nitrogens with zero attached hydrogens (tertiary/aromatic N) is 1. The van der Waals surface area contributed by atoms with E-state index in [1.165, 1.54) is 19.2 Å². The third kappa shape index (κ3) is 4.30. The zero-order valence-corrected chi connectivity index (χ0v) is 15.2. The van der Waals surface area contributed by atoms with Gasteiger partial charge in [-0.15, -0.1) is 0 Å². The van der Waals surface area contributed by atoms with Crippen molar-refractivity contribution in [1.29, 1.82) is 0 Å². The number of anilines is 2. The van der Waals surface area contributed by atoms with Crippen LogP contribution in [0.2, 0.25) is 0 Å². The van der Waals surface area contributed by atoms with Crippen LogP contribution in [0, 0.1) is 0 Å². The molecule has 2 aromatic rings. The molecule has 0 bridgehead atoms. The quantitative estimate of drug-likeness (QED) is 0.826. The fourth-order valence-electron chi connectivity index (χ4n) is 3.26. The van der Waals surface area contributed by atoms with Crippen LogP contribution in [0.4, 0.5) is 20.2 Å². The molecular weight excluding hydrogens is 354 g/mol. The zero-order valence-electron chi connectivity index (χ0n) is 15.2. The Morgan fingerprint density at radius 1 is 1.19 bits per heavy atom. The summed E-state index contributed by atoms with van der Waals surface area (Å²) < 4.78 is 34.7. The summed E-state index contributed by atoms with van der Waals surface area (Å²) in [5.41, 5.74) is 2.58. The highest BCUT2D eigenvalue weighted by molar-refractivity contribution is 5.99. The molecule has 27 heavy (non-hydrogen) atoms. The molecule has 1 aliphatic heterocycles. The van der Waals surface area contributed by atoms with E-state index in [2.05, 4.69) is 10.1 Å². The number of carbonyl (C=O) groups excluding carboxylic acids is 1. The summed E-state index contributed by atoms with van der Waals surface area (Å²) in [4.78, 5) is 14.7. The minimum Gasteiger partial charge on any atom is -0.493 e. The highest BCUT2D eigenvalue weighted by Gasteiger charge is 2.26. The van der Waals surface area contributed by atoms with Gasteiger partial charge in [-0.1, -0.05) is 18.2 Å². The Bertz CT molecular complexity index is 814. The van der Waals surface area contributed by atoms with Gasteiger partial charge < -0.3 is 19.7 Å². The first kappa shape index (κ1) is 18.9. The van der Waals surface area contributed by atoms with Crippen LogP contribution in [-0.2, 0) is 11.2 Å². The predicted octanol–water partition coefficient (Wildman–Crippen LogP) is 4.08. The Kier molecular flexibility index (Phi) is 5.78. The molecule has 0 fully saturated rings. The third-order valence-electron chi connectivity index (χ3n) is 4.51. The van der Waals surface area contributed by atoms with Gasteiger partial charge in [-0.25, -0.2) is 0 Å². The summed E-state index contributed by atoms with van der Waals surface area (Å²) in [7, 11) is 1.38. The van der Waals surface area contributed by atoms with E-state index in [-0.39, 0.29) is 17.4 Å². The van der Waals surface area contributed by atoms with Crippen molar-refractivity contribution < 1.29 is 23.0 Å². The molecule has 1 atom stereocenters. The van der Waals surface area contributed by atoms with Gasteiger partial charge in [0.15, 0.2) is 11.5 Å². The average Bonchev–Trinajstić information content (AvgIpc) is 2.66. The molecule has 3 rings (SSSR count). The standard InChI is InChI=1S/C20H22F2N2O3/c1-13(19(25)24-11-5-7-14-6-3-4-8-16(14)24)23-15-9-10-17(26-2)18(12-15)27-20(21)22/h3-4,6,8-10,12-13,20,23H,5,7,11H2,1-2H3/t13-/m0/s1. The van der Waals surface area contributed by atoms with E-state index in [1.807, 2.05) is 24.3 Å². The highest BCUT2D eigenvalue weighted by Crippen LogP contribution is 2.32. The fraction of sp³-hybridized carbons (Fsp3) is 0.350. The summed E-state index contributed by atoms with van der Waals surface area (Å²) >= 11 is 0. The van der Waals surface area contributed by atoms with Gasteiger partial charge in [-0.05, 0) is 43.5 Å². The second-order valence-corrected chi connectivity index (χ2v) is 6.33. The molecular formula is C20H22F2N2O3. The van der Waals surface area contributed by atoms with Crippen molar-refractivity contribution in [2.24, 2.45) is 0 Å². The Morgan fingerprint density at radius 3 is 2.70 bits per heavy atom. The molecule has 1 aliphatic rings. The number of benzene rings is 2. The van der Waals surface area contributed by atoms with Crippen molar-refractivity contribution in [3.05, 3.63) is 48.0 Å². The molecule has 2 aromatic carbocycles. The molecule has 1 N–H and O–H groups in total. The maximum atomic E-state index is 12.9. The number of rotatable bonds is 6. The fourth-order valence-corrected chi connectivity index (χ4v) is 3.26. The van der Waals surface area contributed by atoms with Gasteiger partial charge in [-0.3, -0.25) is 4.79 Å². The number of carbonyl (C=O) groups is 1. The van der Waals surface area contributed by atoms with Crippen molar-refractivity contribution in [3.63, 3.8) is 0 Å². The average molecular weight is 376 g/mol. The summed E-state index contributed by atoms with van der Waals surface area (Å²) in [6.07, 6.45) is 1.86. The van der Waals surface area contributed by atoms with Crippen molar-refractivity contribution in [1.82, 2.24) is 0 Å². The van der Waals surface area contributed by atoms with Gasteiger partial charge in [0.25, 0.3) is 0 Å². The van der Waals surface area contributed by atoms with Crippen LogP contribution in [0.3, 0.4) is 0 Å². The van der Waals surface area contributed by atoms with Crippen LogP contribution in [0.25, 0.3) is 0 Å². The van der Waals surface area contributed by atoms with Gasteiger partial charge in [-0.2, -0.15) is 8.78 Å². The molecule has 0 aromatic heterocycles. The van der Waals surface area contributed by atoms with Gasteiger partial charge in [0.2, 0.25) is 5.91 Å². The molecule has 0 aliphatic carbocycles. The Morgan fingerprint density at radius 2 is 1.96 bits per heavy atom. The van der Waals surface area contributed by atoms with Crippen LogP contribution in [-0.4, -0.2) is 32.2 Å². The number of amides is 1. The van der Waals surface area contributed by atoms with Crippen molar-refractivity contribution in [3.8, 4) is 11.5 Å². The molecule has 1 heterocycles. The minimum atomic E-state index is -2.96. The zero-order chi connectivity index (χ0) is 19.4. The molecule has 1 amide bonds. The second kappa shape index (κ2) is 8.24. The summed E-state index contributed by atoms with van der Waals surface area (Å²) in [6.45, 7) is -0.556. The largest absolute Gasteiger partial charge is 0.493 e. The van der Waals surface area contributed by atoms with Crippen molar-refractivity contribution in [2.45, 2.75) is 32.4 Å². The number of para-hydroxylation sites is 1. The summed E-state index contributed by atoms with van der Waals surface area (Å²) in [5.74, 6) is 0.0413. The minimum absolute atomic E-state index is 0.0747. The maximum absolute atomic E-state index is 12.9. The lowest BCUT2D eigenvalue weighted by atomic mass is 10.0. The van der Waals surface area contributed by atoms with Crippen molar-refractivity contribution in [2.75, 3.05) is 23.9 Å². The van der Waals surface area contributed by atoms with E-state index in [9.17, 15) is 13.6 Å². The van der Waals surface area contributed by atoms with Gasteiger partial charge in [0.1, 0.15) is 6.04 Å². The number of nitrogens with one attached hydrogen (secondary N) is 1. The molecule has 0 spiro atoms. The summed E-state index contributed by atoms with van der Waals surface area (Å²) in [5, 5.41) is 3.06. The van der Waals surface area contributed by atoms with Crippen LogP contribution >= 0.6 is 0 Å². The first-order valence-corrected chi connectivity index (χ1v) is 8.78. The highest BCUT2D eigenvalue weighted by atomic mass is 19.3. The lowest BCUT2D eigenvalue weighted by molar-refractivity contribution is -0.119. The predicted molar refractivity (Wildman–Crippen MR) is 99.8 cm³/mol. The van der Waals surface area contributed by atoms with E-state index in [1.54, 1.807) is 17.9 Å². The lowest BCUT2D eigenvalue weighted by Gasteiger charge is -2.32. The van der Waals surface area contributed by atoms with E-state index in [4.69, 9.17) is 4.74 Å². The molecule has 5 nitrogen and oxygen atoms in total. The number of hydrogen-bond acceptors (Lipinski definition) is 4. The molecule has 144 valence electrons.